The van der Waals surface area contributed by atoms with E-state index < -0.39 is 15.3 Å². The fraction of sp³-hybridized carbons (Fsp3) is 0.500. The Morgan fingerprint density at radius 1 is 1.19 bits per heavy atom. The molecule has 3 aromatic heterocycles. The quantitative estimate of drug-likeness (QED) is 0.608. The van der Waals surface area contributed by atoms with E-state index in [1.54, 1.807) is 30.5 Å². The third-order valence-corrected chi connectivity index (χ3v) is 8.64. The average Bonchev–Trinajstić information content (AvgIpc) is 3.31. The molecular formula is C20H25N7O4S. The second-order valence-corrected chi connectivity index (χ2v) is 10.6. The van der Waals surface area contributed by atoms with Crippen LogP contribution in [0.2, 0.25) is 0 Å². The van der Waals surface area contributed by atoms with Crippen LogP contribution < -0.4 is 5.32 Å². The predicted octanol–water partition coefficient (Wildman–Crippen LogP) is 1.99. The van der Waals surface area contributed by atoms with Crippen molar-refractivity contribution in [3.63, 3.8) is 0 Å². The number of amides is 2. The number of likely N-dealkylation sites (tertiary alicyclic amines) is 1. The topological polar surface area (TPSA) is 137 Å². The van der Waals surface area contributed by atoms with Crippen LogP contribution in [0.1, 0.15) is 35.8 Å². The van der Waals surface area contributed by atoms with Crippen molar-refractivity contribution >= 4 is 32.9 Å². The number of nitrogens with one attached hydrogen (secondary N) is 2. The zero-order valence-corrected chi connectivity index (χ0v) is 18.7. The molecular weight excluding hydrogens is 434 g/mol. The summed E-state index contributed by atoms with van der Waals surface area (Å²) in [6.45, 7) is 4.72. The van der Waals surface area contributed by atoms with E-state index in [-0.39, 0.29) is 25.0 Å². The van der Waals surface area contributed by atoms with Gasteiger partial charge in [-0.3, -0.25) is 4.98 Å². The fourth-order valence-corrected chi connectivity index (χ4v) is 6.33. The minimum absolute atomic E-state index is 0.176. The first-order chi connectivity index (χ1) is 15.3. The summed E-state index contributed by atoms with van der Waals surface area (Å²) >= 11 is 0. The summed E-state index contributed by atoms with van der Waals surface area (Å²) in [5.41, 5.74) is 3.82. The Bertz CT molecular complexity index is 1230. The minimum atomic E-state index is -3.46. The van der Waals surface area contributed by atoms with Crippen molar-refractivity contribution < 1.29 is 17.7 Å². The maximum Gasteiger partial charge on any atom is 0.322 e. The van der Waals surface area contributed by atoms with Crippen molar-refractivity contribution in [2.75, 3.05) is 31.5 Å². The molecule has 0 spiro atoms. The zero-order valence-electron chi connectivity index (χ0n) is 17.9. The predicted molar refractivity (Wildman–Crippen MR) is 117 cm³/mol. The van der Waals surface area contributed by atoms with Crippen LogP contribution in [0.4, 0.5) is 10.5 Å². The molecule has 0 radical (unpaired) electrons. The molecule has 5 rings (SSSR count). The Hall–Kier alpha value is -2.99. The van der Waals surface area contributed by atoms with Crippen LogP contribution in [0.25, 0.3) is 11.2 Å². The van der Waals surface area contributed by atoms with Gasteiger partial charge in [-0.05, 0) is 32.6 Å². The molecule has 32 heavy (non-hydrogen) atoms. The zero-order chi connectivity index (χ0) is 22.5. The lowest BCUT2D eigenvalue weighted by Crippen LogP contribution is -2.61. The number of rotatable bonds is 4. The van der Waals surface area contributed by atoms with Crippen molar-refractivity contribution in [2.24, 2.45) is 0 Å². The maximum atomic E-state index is 13.1. The fourth-order valence-electron chi connectivity index (χ4n) is 4.45. The molecule has 0 atom stereocenters. The summed E-state index contributed by atoms with van der Waals surface area (Å²) in [5.74, 6) is 0.759. The second-order valence-electron chi connectivity index (χ2n) is 8.37. The van der Waals surface area contributed by atoms with Crippen molar-refractivity contribution in [2.45, 2.75) is 37.9 Å². The molecule has 3 aromatic rings. The van der Waals surface area contributed by atoms with Gasteiger partial charge in [-0.25, -0.2) is 22.5 Å². The van der Waals surface area contributed by atoms with Crippen LogP contribution in [-0.2, 0) is 10.0 Å². The lowest BCUT2D eigenvalue weighted by atomic mass is 9.91. The molecule has 0 aromatic carbocycles. The van der Waals surface area contributed by atoms with Crippen LogP contribution in [0.3, 0.4) is 0 Å². The molecule has 2 saturated heterocycles. The van der Waals surface area contributed by atoms with Gasteiger partial charge in [0.25, 0.3) is 0 Å². The SMILES string of the molecule is Cc1noc(C)c1NC(=O)N1CC(S(=O)(=O)N2CCC(c3c[nH]c4nccnc34)CC2)C1. The molecule has 2 N–H and O–H groups in total. The number of aryl methyl sites for hydroxylation is 2. The van der Waals surface area contributed by atoms with Gasteiger partial charge in [0.1, 0.15) is 22.1 Å². The molecule has 0 aliphatic carbocycles. The van der Waals surface area contributed by atoms with Gasteiger partial charge in [0, 0.05) is 50.3 Å². The van der Waals surface area contributed by atoms with Gasteiger partial charge in [0.05, 0.1) is 0 Å². The number of sulfonamides is 1. The third-order valence-electron chi connectivity index (χ3n) is 6.41. The maximum absolute atomic E-state index is 13.1. The number of hydrogen-bond acceptors (Lipinski definition) is 7. The Kier molecular flexibility index (Phi) is 5.13. The van der Waals surface area contributed by atoms with Gasteiger partial charge in [0.15, 0.2) is 11.4 Å². The van der Waals surface area contributed by atoms with Crippen LogP contribution in [0.15, 0.2) is 23.1 Å². The van der Waals surface area contributed by atoms with Crippen LogP contribution in [-0.4, -0.2) is 75.2 Å². The summed E-state index contributed by atoms with van der Waals surface area (Å²) in [7, 11) is -3.46. The van der Waals surface area contributed by atoms with Gasteiger partial charge >= 0.3 is 6.03 Å². The third kappa shape index (κ3) is 3.52. The van der Waals surface area contributed by atoms with E-state index in [0.717, 1.165) is 29.6 Å². The van der Waals surface area contributed by atoms with Crippen molar-refractivity contribution in [1.82, 2.24) is 29.3 Å². The van der Waals surface area contributed by atoms with Crippen LogP contribution in [0.5, 0.6) is 0 Å². The Morgan fingerprint density at radius 2 is 1.91 bits per heavy atom. The molecule has 2 aliphatic heterocycles. The number of H-pyrrole nitrogens is 1. The van der Waals surface area contributed by atoms with Gasteiger partial charge in [-0.15, -0.1) is 0 Å². The Balaban J connectivity index is 1.17. The monoisotopic (exact) mass is 459 g/mol. The molecule has 0 bridgehead atoms. The summed E-state index contributed by atoms with van der Waals surface area (Å²) < 4.78 is 32.8. The number of hydrogen-bond donors (Lipinski definition) is 2. The van der Waals surface area contributed by atoms with E-state index >= 15 is 0 Å². The number of fused-ring (bicyclic) bond motifs is 1. The largest absolute Gasteiger partial charge is 0.359 e. The molecule has 2 aliphatic rings. The molecule has 5 heterocycles. The van der Waals surface area contributed by atoms with Gasteiger partial charge in [0.2, 0.25) is 10.0 Å². The number of carbonyl (C=O) groups is 1. The highest BCUT2D eigenvalue weighted by molar-refractivity contribution is 7.89. The summed E-state index contributed by atoms with van der Waals surface area (Å²) in [6, 6.07) is -0.343. The van der Waals surface area contributed by atoms with Gasteiger partial charge in [-0.1, -0.05) is 5.16 Å². The van der Waals surface area contributed by atoms with E-state index in [2.05, 4.69) is 25.4 Å². The van der Waals surface area contributed by atoms with E-state index in [4.69, 9.17) is 4.52 Å². The number of aromatic nitrogens is 4. The van der Waals surface area contributed by atoms with Gasteiger partial charge < -0.3 is 19.7 Å². The van der Waals surface area contributed by atoms with E-state index in [9.17, 15) is 13.2 Å². The molecule has 0 unspecified atom stereocenters. The van der Waals surface area contributed by atoms with Crippen molar-refractivity contribution in [1.29, 1.82) is 0 Å². The minimum Gasteiger partial charge on any atom is -0.359 e. The average molecular weight is 460 g/mol. The standard InChI is InChI=1S/C20H25N7O4S/c1-12-17(13(2)31-25-12)24-20(28)26-10-15(11-26)32(29,30)27-7-3-14(4-8-27)16-9-23-19-18(16)21-5-6-22-19/h5-6,9,14-15H,3-4,7-8,10-11H2,1-2H3,(H,22,23)(H,24,28). The first-order valence-electron chi connectivity index (χ1n) is 10.6. The second kappa shape index (κ2) is 7.85. The summed E-state index contributed by atoms with van der Waals surface area (Å²) in [4.78, 5) is 25.8. The number of carbonyl (C=O) groups excluding carboxylic acids is 1. The Morgan fingerprint density at radius 3 is 2.59 bits per heavy atom. The number of nitrogens with zero attached hydrogens (tertiary/aromatic N) is 5. The lowest BCUT2D eigenvalue weighted by Gasteiger charge is -2.42. The highest BCUT2D eigenvalue weighted by Gasteiger charge is 2.44. The molecule has 2 amide bonds. The smallest absolute Gasteiger partial charge is 0.322 e. The molecule has 0 saturated carbocycles. The first kappa shape index (κ1) is 20.9. The molecule has 170 valence electrons. The van der Waals surface area contributed by atoms with E-state index in [0.29, 0.717) is 30.2 Å². The van der Waals surface area contributed by atoms with Crippen molar-refractivity contribution in [3.8, 4) is 0 Å². The highest BCUT2D eigenvalue weighted by atomic mass is 32.2. The van der Waals surface area contributed by atoms with Crippen molar-refractivity contribution in [3.05, 3.63) is 35.6 Å². The van der Waals surface area contributed by atoms with Crippen LogP contribution in [0, 0.1) is 13.8 Å². The lowest BCUT2D eigenvalue weighted by molar-refractivity contribution is 0.179. The molecule has 11 nitrogen and oxygen atoms in total. The number of aromatic amines is 1. The highest BCUT2D eigenvalue weighted by Crippen LogP contribution is 2.34. The number of piperidine rings is 1. The number of urea groups is 1. The summed E-state index contributed by atoms with van der Waals surface area (Å²) in [5, 5.41) is 5.99. The molecule has 12 heteroatoms. The molecule has 2 fully saturated rings. The summed E-state index contributed by atoms with van der Waals surface area (Å²) in [6.07, 6.45) is 6.70. The number of anilines is 1. The normalized spacial score (nSPS) is 18.8. The Labute approximate surface area is 185 Å². The van der Waals surface area contributed by atoms with E-state index in [1.807, 2.05) is 6.20 Å². The van der Waals surface area contributed by atoms with Gasteiger partial charge in [-0.2, -0.15) is 0 Å². The van der Waals surface area contributed by atoms with E-state index in [1.165, 1.54) is 4.90 Å². The first-order valence-corrected chi connectivity index (χ1v) is 12.1. The van der Waals surface area contributed by atoms with Crippen LogP contribution >= 0.6 is 0 Å².